The number of halogens is 1. The zero-order chi connectivity index (χ0) is 9.84. The minimum atomic E-state index is -0.212. The summed E-state index contributed by atoms with van der Waals surface area (Å²) in [5.74, 6) is -0.212. The van der Waals surface area contributed by atoms with Gasteiger partial charge in [0.1, 0.15) is 0 Å². The Hall–Kier alpha value is -1.28. The van der Waals surface area contributed by atoms with Crippen molar-refractivity contribution in [3.63, 3.8) is 0 Å². The molecule has 1 aromatic rings. The van der Waals surface area contributed by atoms with Gasteiger partial charge in [0.05, 0.1) is 5.69 Å². The third kappa shape index (κ3) is 2.10. The lowest BCUT2D eigenvalue weighted by atomic mass is 10.2. The van der Waals surface area contributed by atoms with Gasteiger partial charge in [-0.15, -0.1) is 0 Å². The molecule has 0 fully saturated rings. The SMILES string of the molecule is C=Cc1ccccc1N(Cl)C(C)=O. The number of carbonyl (C=O) groups is 1. The van der Waals surface area contributed by atoms with Gasteiger partial charge in [-0.3, -0.25) is 4.79 Å². The molecule has 0 aliphatic rings. The largest absolute Gasteiger partial charge is 0.274 e. The highest BCUT2D eigenvalue weighted by Crippen LogP contribution is 2.22. The first-order valence-electron chi connectivity index (χ1n) is 3.84. The molecule has 68 valence electrons. The van der Waals surface area contributed by atoms with Crippen molar-refractivity contribution in [2.24, 2.45) is 0 Å². The molecule has 0 saturated heterocycles. The fourth-order valence-electron chi connectivity index (χ4n) is 1.01. The summed E-state index contributed by atoms with van der Waals surface area (Å²) in [5, 5.41) is 0. The second kappa shape index (κ2) is 4.10. The number of hydrogen-bond donors (Lipinski definition) is 0. The molecule has 0 aliphatic heterocycles. The average Bonchev–Trinajstić information content (AvgIpc) is 2.16. The second-order valence-corrected chi connectivity index (χ2v) is 2.90. The highest BCUT2D eigenvalue weighted by molar-refractivity contribution is 6.36. The molecule has 0 spiro atoms. The molecular formula is C10H10ClNO. The third-order valence-corrected chi connectivity index (χ3v) is 2.06. The topological polar surface area (TPSA) is 20.3 Å². The first-order chi connectivity index (χ1) is 6.16. The minimum absolute atomic E-state index is 0.212. The lowest BCUT2D eigenvalue weighted by Gasteiger charge is -2.13. The summed E-state index contributed by atoms with van der Waals surface area (Å²) in [6, 6.07) is 7.30. The van der Waals surface area contributed by atoms with Crippen LogP contribution in [0.3, 0.4) is 0 Å². The molecule has 13 heavy (non-hydrogen) atoms. The minimum Gasteiger partial charge on any atom is -0.274 e. The molecule has 0 heterocycles. The van der Waals surface area contributed by atoms with Crippen LogP contribution < -0.4 is 4.42 Å². The lowest BCUT2D eigenvalue weighted by Crippen LogP contribution is -2.17. The van der Waals surface area contributed by atoms with Gasteiger partial charge in [0.25, 0.3) is 0 Å². The summed E-state index contributed by atoms with van der Waals surface area (Å²) in [6.07, 6.45) is 1.66. The van der Waals surface area contributed by atoms with Crippen molar-refractivity contribution < 1.29 is 4.79 Å². The smallest absolute Gasteiger partial charge is 0.238 e. The van der Waals surface area contributed by atoms with E-state index in [0.717, 1.165) is 9.98 Å². The van der Waals surface area contributed by atoms with E-state index in [0.29, 0.717) is 5.69 Å². The zero-order valence-corrected chi connectivity index (χ0v) is 8.08. The van der Waals surface area contributed by atoms with Crippen LogP contribution in [0.2, 0.25) is 0 Å². The zero-order valence-electron chi connectivity index (χ0n) is 7.33. The number of hydrogen-bond acceptors (Lipinski definition) is 1. The fraction of sp³-hybridized carbons (Fsp3) is 0.100. The number of rotatable bonds is 2. The van der Waals surface area contributed by atoms with E-state index >= 15 is 0 Å². The van der Waals surface area contributed by atoms with Gasteiger partial charge < -0.3 is 0 Å². The second-order valence-electron chi connectivity index (χ2n) is 2.56. The van der Waals surface area contributed by atoms with Gasteiger partial charge in [0, 0.05) is 18.7 Å². The monoisotopic (exact) mass is 195 g/mol. The third-order valence-electron chi connectivity index (χ3n) is 1.64. The van der Waals surface area contributed by atoms with Gasteiger partial charge in [-0.25, -0.2) is 4.42 Å². The summed E-state index contributed by atoms with van der Waals surface area (Å²) in [7, 11) is 0. The number of amides is 1. The molecule has 0 atom stereocenters. The molecule has 0 N–H and O–H groups in total. The van der Waals surface area contributed by atoms with Gasteiger partial charge in [0.15, 0.2) is 0 Å². The van der Waals surface area contributed by atoms with Crippen LogP contribution in [0.5, 0.6) is 0 Å². The molecule has 2 nitrogen and oxygen atoms in total. The van der Waals surface area contributed by atoms with Crippen LogP contribution in [-0.4, -0.2) is 5.91 Å². The van der Waals surface area contributed by atoms with Gasteiger partial charge in [-0.05, 0) is 11.6 Å². The van der Waals surface area contributed by atoms with Crippen LogP contribution in [-0.2, 0) is 4.79 Å². The van der Waals surface area contributed by atoms with Gasteiger partial charge in [0.2, 0.25) is 5.91 Å². The summed E-state index contributed by atoms with van der Waals surface area (Å²) in [4.78, 5) is 11.0. The Morgan fingerprint density at radius 2 is 2.15 bits per heavy atom. The van der Waals surface area contributed by atoms with Crippen molar-refractivity contribution in [2.45, 2.75) is 6.92 Å². The highest BCUT2D eigenvalue weighted by Gasteiger charge is 2.10. The van der Waals surface area contributed by atoms with E-state index in [9.17, 15) is 4.79 Å². The molecule has 0 saturated carbocycles. The van der Waals surface area contributed by atoms with E-state index in [2.05, 4.69) is 6.58 Å². The number of para-hydroxylation sites is 1. The molecule has 1 amide bonds. The van der Waals surface area contributed by atoms with Crippen molar-refractivity contribution in [1.29, 1.82) is 0 Å². The number of nitrogens with zero attached hydrogens (tertiary/aromatic N) is 1. The number of benzene rings is 1. The fourth-order valence-corrected chi connectivity index (χ4v) is 1.16. The van der Waals surface area contributed by atoms with E-state index < -0.39 is 0 Å². The molecule has 0 aromatic heterocycles. The Morgan fingerprint density at radius 1 is 1.54 bits per heavy atom. The van der Waals surface area contributed by atoms with Crippen LogP contribution in [0.15, 0.2) is 30.8 Å². The molecule has 1 aromatic carbocycles. The molecular weight excluding hydrogens is 186 g/mol. The Morgan fingerprint density at radius 3 is 2.69 bits per heavy atom. The highest BCUT2D eigenvalue weighted by atomic mass is 35.5. The van der Waals surface area contributed by atoms with Crippen LogP contribution in [0.1, 0.15) is 12.5 Å². The lowest BCUT2D eigenvalue weighted by molar-refractivity contribution is -0.115. The average molecular weight is 196 g/mol. The summed E-state index contributed by atoms with van der Waals surface area (Å²) in [6.45, 7) is 5.05. The van der Waals surface area contributed by atoms with Gasteiger partial charge in [-0.1, -0.05) is 30.9 Å². The van der Waals surface area contributed by atoms with Crippen LogP contribution in [0.25, 0.3) is 6.08 Å². The number of anilines is 1. The Balaban J connectivity index is 3.12. The van der Waals surface area contributed by atoms with Crippen LogP contribution in [0.4, 0.5) is 5.69 Å². The molecule has 1 rings (SSSR count). The van der Waals surface area contributed by atoms with Crippen molar-refractivity contribution in [2.75, 3.05) is 4.42 Å². The van der Waals surface area contributed by atoms with E-state index in [1.807, 2.05) is 18.2 Å². The van der Waals surface area contributed by atoms with E-state index in [1.54, 1.807) is 12.1 Å². The maximum atomic E-state index is 11.0. The maximum absolute atomic E-state index is 11.0. The Kier molecular flexibility index (Phi) is 3.09. The predicted molar refractivity (Wildman–Crippen MR) is 55.5 cm³/mol. The van der Waals surface area contributed by atoms with Crippen molar-refractivity contribution in [3.05, 3.63) is 36.4 Å². The van der Waals surface area contributed by atoms with Crippen molar-refractivity contribution >= 4 is 29.4 Å². The van der Waals surface area contributed by atoms with Crippen LogP contribution >= 0.6 is 11.8 Å². The van der Waals surface area contributed by atoms with E-state index in [-0.39, 0.29) is 5.91 Å². The van der Waals surface area contributed by atoms with E-state index in [1.165, 1.54) is 6.92 Å². The first-order valence-corrected chi connectivity index (χ1v) is 4.18. The summed E-state index contributed by atoms with van der Waals surface area (Å²) >= 11 is 5.76. The summed E-state index contributed by atoms with van der Waals surface area (Å²) in [5.41, 5.74) is 1.50. The molecule has 3 heteroatoms. The van der Waals surface area contributed by atoms with Crippen LogP contribution in [0, 0.1) is 0 Å². The predicted octanol–water partition coefficient (Wildman–Crippen LogP) is 2.84. The van der Waals surface area contributed by atoms with Crippen molar-refractivity contribution in [3.8, 4) is 0 Å². The normalized spacial score (nSPS) is 9.38. The molecule has 0 radical (unpaired) electrons. The maximum Gasteiger partial charge on any atom is 0.238 e. The Labute approximate surface area is 82.5 Å². The number of carbonyl (C=O) groups excluding carboxylic acids is 1. The Bertz CT molecular complexity index is 335. The van der Waals surface area contributed by atoms with Gasteiger partial charge in [-0.2, -0.15) is 0 Å². The standard InChI is InChI=1S/C10H10ClNO/c1-3-9-6-4-5-7-10(9)12(11)8(2)13/h3-7H,1H2,2H3. The van der Waals surface area contributed by atoms with E-state index in [4.69, 9.17) is 11.8 Å². The molecule has 0 bridgehead atoms. The quantitative estimate of drug-likeness (QED) is 0.665. The van der Waals surface area contributed by atoms with Crippen molar-refractivity contribution in [1.82, 2.24) is 0 Å². The summed E-state index contributed by atoms with van der Waals surface area (Å²) < 4.78 is 1.08. The molecule has 0 aliphatic carbocycles. The van der Waals surface area contributed by atoms with Gasteiger partial charge >= 0.3 is 0 Å². The molecule has 0 unspecified atom stereocenters. The first kappa shape index (κ1) is 9.81.